The molecule has 0 unspecified atom stereocenters. The van der Waals surface area contributed by atoms with Crippen LogP contribution < -0.4 is 0 Å². The molecule has 3 aromatic carbocycles. The molecule has 0 bridgehead atoms. The summed E-state index contributed by atoms with van der Waals surface area (Å²) in [6.45, 7) is 10.5. The van der Waals surface area contributed by atoms with Crippen molar-refractivity contribution < 1.29 is 14.0 Å². The van der Waals surface area contributed by atoms with E-state index in [-0.39, 0.29) is 12.6 Å². The van der Waals surface area contributed by atoms with Gasteiger partial charge in [-0.25, -0.2) is 4.79 Å². The van der Waals surface area contributed by atoms with Crippen molar-refractivity contribution in [3.63, 3.8) is 0 Å². The van der Waals surface area contributed by atoms with Gasteiger partial charge in [0.15, 0.2) is 0 Å². The topological polar surface area (TPSA) is 26.3 Å². The van der Waals surface area contributed by atoms with Crippen LogP contribution in [0.4, 0.5) is 0 Å². The minimum atomic E-state index is -0.276. The maximum atomic E-state index is 12.4. The SMILES string of the molecule is Cc1cc(C)cc(C[N+](C)(C)Cc2ccc(COC(=O)c3cc(C)cc(C)c3)cc2)c1. The van der Waals surface area contributed by atoms with Gasteiger partial charge in [-0.2, -0.15) is 0 Å². The fourth-order valence-corrected chi connectivity index (χ4v) is 4.27. The van der Waals surface area contributed by atoms with Gasteiger partial charge in [-0.1, -0.05) is 70.8 Å². The second-order valence-corrected chi connectivity index (χ2v) is 9.52. The standard InChI is InChI=1S/C28H34NO2/c1-20-11-21(2)14-26(13-20)18-29(5,6)17-24-7-9-25(10-8-24)19-31-28(30)27-15-22(3)12-23(4)16-27/h7-16H,17-19H2,1-6H3/q+1. The van der Waals surface area contributed by atoms with Crippen molar-refractivity contribution in [2.45, 2.75) is 47.4 Å². The molecular formula is C28H34NO2+. The average molecular weight is 417 g/mol. The minimum absolute atomic E-state index is 0.276. The lowest BCUT2D eigenvalue weighted by atomic mass is 10.1. The highest BCUT2D eigenvalue weighted by Gasteiger charge is 2.17. The highest BCUT2D eigenvalue weighted by atomic mass is 16.5. The molecular weight excluding hydrogens is 382 g/mol. The lowest BCUT2D eigenvalue weighted by Gasteiger charge is -2.30. The number of benzene rings is 3. The van der Waals surface area contributed by atoms with E-state index in [9.17, 15) is 4.79 Å². The molecule has 0 fully saturated rings. The molecule has 0 radical (unpaired) electrons. The van der Waals surface area contributed by atoms with Crippen LogP contribution in [0.2, 0.25) is 0 Å². The molecule has 3 heteroatoms. The number of hydrogen-bond acceptors (Lipinski definition) is 2. The summed E-state index contributed by atoms with van der Waals surface area (Å²) in [6.07, 6.45) is 0. The number of carbonyl (C=O) groups excluding carboxylic acids is 1. The fourth-order valence-electron chi connectivity index (χ4n) is 4.27. The van der Waals surface area contributed by atoms with E-state index in [0.717, 1.165) is 34.3 Å². The van der Waals surface area contributed by atoms with E-state index >= 15 is 0 Å². The molecule has 0 spiro atoms. The van der Waals surface area contributed by atoms with Crippen molar-refractivity contribution in [3.05, 3.63) is 105 Å². The van der Waals surface area contributed by atoms with Crippen LogP contribution in [0.1, 0.15) is 49.3 Å². The van der Waals surface area contributed by atoms with Crippen LogP contribution in [0.5, 0.6) is 0 Å². The number of carbonyl (C=O) groups is 1. The Bertz CT molecular complexity index is 1020. The first-order valence-electron chi connectivity index (χ1n) is 10.8. The highest BCUT2D eigenvalue weighted by Crippen LogP contribution is 2.18. The molecule has 0 aliphatic carbocycles. The van der Waals surface area contributed by atoms with Crippen LogP contribution in [-0.4, -0.2) is 24.5 Å². The van der Waals surface area contributed by atoms with Crippen molar-refractivity contribution in [2.24, 2.45) is 0 Å². The smallest absolute Gasteiger partial charge is 0.338 e. The summed E-state index contributed by atoms with van der Waals surface area (Å²) in [5, 5.41) is 0. The predicted molar refractivity (Wildman–Crippen MR) is 127 cm³/mol. The monoisotopic (exact) mass is 416 g/mol. The average Bonchev–Trinajstić information content (AvgIpc) is 2.65. The molecule has 0 heterocycles. The Kier molecular flexibility index (Phi) is 6.97. The van der Waals surface area contributed by atoms with Gasteiger partial charge < -0.3 is 9.22 Å². The predicted octanol–water partition coefficient (Wildman–Crippen LogP) is 6.05. The summed E-state index contributed by atoms with van der Waals surface area (Å²) in [5.41, 5.74) is 9.03. The van der Waals surface area contributed by atoms with Crippen molar-refractivity contribution in [1.82, 2.24) is 0 Å². The zero-order valence-corrected chi connectivity index (χ0v) is 19.7. The van der Waals surface area contributed by atoms with Gasteiger partial charge in [0, 0.05) is 11.1 Å². The van der Waals surface area contributed by atoms with Gasteiger partial charge in [0.25, 0.3) is 0 Å². The van der Waals surface area contributed by atoms with Crippen molar-refractivity contribution in [2.75, 3.05) is 14.1 Å². The van der Waals surface area contributed by atoms with Gasteiger partial charge in [0.2, 0.25) is 0 Å². The summed E-state index contributed by atoms with van der Waals surface area (Å²) < 4.78 is 6.40. The number of quaternary nitrogens is 1. The summed E-state index contributed by atoms with van der Waals surface area (Å²) in [5.74, 6) is -0.276. The number of esters is 1. The zero-order valence-electron chi connectivity index (χ0n) is 19.7. The van der Waals surface area contributed by atoms with Crippen LogP contribution in [0, 0.1) is 27.7 Å². The van der Waals surface area contributed by atoms with Crippen LogP contribution in [0.25, 0.3) is 0 Å². The Morgan fingerprint density at radius 1 is 0.677 bits per heavy atom. The minimum Gasteiger partial charge on any atom is -0.457 e. The van der Waals surface area contributed by atoms with E-state index in [2.05, 4.69) is 76.5 Å². The van der Waals surface area contributed by atoms with E-state index in [0.29, 0.717) is 5.56 Å². The molecule has 31 heavy (non-hydrogen) atoms. The highest BCUT2D eigenvalue weighted by molar-refractivity contribution is 5.89. The van der Waals surface area contributed by atoms with Gasteiger partial charge in [0.05, 0.1) is 19.7 Å². The first-order valence-corrected chi connectivity index (χ1v) is 10.8. The Labute approximate surface area is 186 Å². The quantitative estimate of drug-likeness (QED) is 0.346. The molecule has 0 saturated carbocycles. The third-order valence-corrected chi connectivity index (χ3v) is 5.35. The van der Waals surface area contributed by atoms with Gasteiger partial charge in [-0.3, -0.25) is 0 Å². The van der Waals surface area contributed by atoms with Gasteiger partial charge in [-0.15, -0.1) is 0 Å². The van der Waals surface area contributed by atoms with Crippen LogP contribution in [-0.2, 0) is 24.4 Å². The molecule has 0 aromatic heterocycles. The van der Waals surface area contributed by atoms with Gasteiger partial charge >= 0.3 is 5.97 Å². The molecule has 0 aliphatic heterocycles. The maximum absolute atomic E-state index is 12.4. The van der Waals surface area contributed by atoms with Gasteiger partial charge in [0.1, 0.15) is 19.7 Å². The number of nitrogens with zero attached hydrogens (tertiary/aromatic N) is 1. The lowest BCUT2D eigenvalue weighted by molar-refractivity contribution is -0.916. The Balaban J connectivity index is 1.58. The van der Waals surface area contributed by atoms with Crippen LogP contribution >= 0.6 is 0 Å². The number of hydrogen-bond donors (Lipinski definition) is 0. The third-order valence-electron chi connectivity index (χ3n) is 5.35. The number of rotatable bonds is 7. The molecule has 0 saturated heterocycles. The molecule has 3 aromatic rings. The first kappa shape index (κ1) is 22.8. The lowest BCUT2D eigenvalue weighted by Crippen LogP contribution is -2.37. The second-order valence-electron chi connectivity index (χ2n) is 9.52. The van der Waals surface area contributed by atoms with E-state index < -0.39 is 0 Å². The summed E-state index contributed by atoms with van der Waals surface area (Å²) >= 11 is 0. The van der Waals surface area contributed by atoms with E-state index in [1.165, 1.54) is 22.3 Å². The molecule has 0 amide bonds. The summed E-state index contributed by atoms with van der Waals surface area (Å²) in [4.78, 5) is 12.4. The second kappa shape index (κ2) is 9.49. The van der Waals surface area contributed by atoms with E-state index in [4.69, 9.17) is 4.74 Å². The molecule has 0 atom stereocenters. The number of aryl methyl sites for hydroxylation is 4. The summed E-state index contributed by atoms with van der Waals surface area (Å²) in [6, 6.07) is 21.0. The Morgan fingerprint density at radius 3 is 1.68 bits per heavy atom. The largest absolute Gasteiger partial charge is 0.457 e. The Hall–Kier alpha value is -2.91. The molecule has 3 rings (SSSR count). The van der Waals surface area contributed by atoms with Crippen molar-refractivity contribution in [3.8, 4) is 0 Å². The molecule has 3 nitrogen and oxygen atoms in total. The van der Waals surface area contributed by atoms with E-state index in [1.807, 2.05) is 26.0 Å². The zero-order chi connectivity index (χ0) is 22.6. The third kappa shape index (κ3) is 6.80. The normalized spacial score (nSPS) is 11.4. The fraction of sp³-hybridized carbons (Fsp3) is 0.321. The Morgan fingerprint density at radius 2 is 1.13 bits per heavy atom. The van der Waals surface area contributed by atoms with Crippen LogP contribution in [0.3, 0.4) is 0 Å². The first-order chi connectivity index (χ1) is 14.6. The molecule has 162 valence electrons. The van der Waals surface area contributed by atoms with E-state index in [1.54, 1.807) is 0 Å². The molecule has 0 N–H and O–H groups in total. The van der Waals surface area contributed by atoms with Crippen LogP contribution in [0.15, 0.2) is 60.7 Å². The molecule has 0 aliphatic rings. The van der Waals surface area contributed by atoms with Crippen molar-refractivity contribution >= 4 is 5.97 Å². The van der Waals surface area contributed by atoms with Gasteiger partial charge in [-0.05, 0) is 45.4 Å². The van der Waals surface area contributed by atoms with Crippen molar-refractivity contribution in [1.29, 1.82) is 0 Å². The maximum Gasteiger partial charge on any atom is 0.338 e. The summed E-state index contributed by atoms with van der Waals surface area (Å²) in [7, 11) is 4.52. The number of ether oxygens (including phenoxy) is 1.